The Bertz CT molecular complexity index is 308. The fourth-order valence-electron chi connectivity index (χ4n) is 2.24. The molecule has 0 saturated heterocycles. The Morgan fingerprint density at radius 2 is 2.15 bits per heavy atom. The molecule has 1 fully saturated rings. The van der Waals surface area contributed by atoms with E-state index in [-0.39, 0.29) is 11.9 Å². The van der Waals surface area contributed by atoms with E-state index in [0.717, 1.165) is 0 Å². The summed E-state index contributed by atoms with van der Waals surface area (Å²) in [7, 11) is 1.46. The molecule has 0 amide bonds. The molecule has 0 spiro atoms. The van der Waals surface area contributed by atoms with E-state index in [1.165, 1.54) is 18.3 Å². The monoisotopic (exact) mass is 178 g/mol. The summed E-state index contributed by atoms with van der Waals surface area (Å²) in [6.07, 6.45) is 4.28. The normalized spacial score (nSPS) is 34.4. The number of hydrogen-bond acceptors (Lipinski definition) is 2. The van der Waals surface area contributed by atoms with Crippen LogP contribution < -0.4 is 0 Å². The Labute approximate surface area is 78.3 Å². The van der Waals surface area contributed by atoms with Gasteiger partial charge in [0.05, 0.1) is 13.0 Å². The van der Waals surface area contributed by atoms with Crippen LogP contribution in [0.25, 0.3) is 0 Å². The second-order valence-electron chi connectivity index (χ2n) is 3.97. The molecule has 2 aliphatic carbocycles. The van der Waals surface area contributed by atoms with Gasteiger partial charge in [-0.2, -0.15) is 0 Å². The Hall–Kier alpha value is -1.05. The number of carbonyl (C=O) groups is 1. The highest BCUT2D eigenvalue weighted by molar-refractivity contribution is 5.79. The fraction of sp³-hybridized carbons (Fsp3) is 0.545. The first kappa shape index (κ1) is 8.54. The fourth-order valence-corrected chi connectivity index (χ4v) is 2.24. The van der Waals surface area contributed by atoms with Crippen LogP contribution in [0.3, 0.4) is 0 Å². The van der Waals surface area contributed by atoms with Crippen molar-refractivity contribution >= 4 is 5.97 Å². The highest BCUT2D eigenvalue weighted by atomic mass is 16.5. The standard InChI is InChI=1S/C11H14O2/c1-6(2)7-4-5-8-9(7)10(8)11(12)13-3/h4-5,8-10H,1-3H3/t8-,9+,10+/m0/s1. The Morgan fingerprint density at radius 3 is 2.69 bits per heavy atom. The van der Waals surface area contributed by atoms with Crippen molar-refractivity contribution in [3.63, 3.8) is 0 Å². The SMILES string of the molecule is COC(=O)[C@@H]1[C@H]2C=CC(=C(C)C)[C@H]21. The second kappa shape index (κ2) is 2.72. The average molecular weight is 178 g/mol. The third kappa shape index (κ3) is 1.12. The molecule has 3 atom stereocenters. The summed E-state index contributed by atoms with van der Waals surface area (Å²) in [6, 6.07) is 0. The van der Waals surface area contributed by atoms with Crippen LogP contribution in [0.15, 0.2) is 23.3 Å². The number of ether oxygens (including phenoxy) is 1. The van der Waals surface area contributed by atoms with Gasteiger partial charge in [0.15, 0.2) is 0 Å². The van der Waals surface area contributed by atoms with Gasteiger partial charge in [-0.15, -0.1) is 0 Å². The van der Waals surface area contributed by atoms with E-state index >= 15 is 0 Å². The summed E-state index contributed by atoms with van der Waals surface area (Å²) in [5.74, 6) is 0.910. The van der Waals surface area contributed by atoms with Crippen molar-refractivity contribution in [2.75, 3.05) is 7.11 Å². The molecule has 2 rings (SSSR count). The van der Waals surface area contributed by atoms with E-state index in [9.17, 15) is 4.79 Å². The quantitative estimate of drug-likeness (QED) is 0.573. The van der Waals surface area contributed by atoms with E-state index in [1.807, 2.05) is 0 Å². The van der Waals surface area contributed by atoms with Gasteiger partial charge in [-0.05, 0) is 25.3 Å². The van der Waals surface area contributed by atoms with E-state index < -0.39 is 0 Å². The maximum absolute atomic E-state index is 11.3. The van der Waals surface area contributed by atoms with Crippen LogP contribution in [0, 0.1) is 17.8 Å². The summed E-state index contributed by atoms with van der Waals surface area (Å²) < 4.78 is 4.74. The third-order valence-corrected chi connectivity index (χ3v) is 2.98. The summed E-state index contributed by atoms with van der Waals surface area (Å²) >= 11 is 0. The van der Waals surface area contributed by atoms with Gasteiger partial charge in [-0.1, -0.05) is 17.7 Å². The molecule has 0 aromatic heterocycles. The zero-order valence-corrected chi connectivity index (χ0v) is 8.20. The number of esters is 1. The van der Waals surface area contributed by atoms with Gasteiger partial charge < -0.3 is 4.74 Å². The molecule has 0 heterocycles. The smallest absolute Gasteiger partial charge is 0.309 e. The van der Waals surface area contributed by atoms with Crippen LogP contribution in [-0.4, -0.2) is 13.1 Å². The lowest BCUT2D eigenvalue weighted by atomic mass is 10.1. The molecule has 2 heteroatoms. The van der Waals surface area contributed by atoms with Gasteiger partial charge >= 0.3 is 5.97 Å². The Kier molecular flexibility index (Phi) is 1.79. The summed E-state index contributed by atoms with van der Waals surface area (Å²) in [6.45, 7) is 4.18. The summed E-state index contributed by atoms with van der Waals surface area (Å²) in [4.78, 5) is 11.3. The molecule has 1 saturated carbocycles. The first-order valence-corrected chi connectivity index (χ1v) is 4.60. The highest BCUT2D eigenvalue weighted by Gasteiger charge is 2.57. The number of allylic oxidation sites excluding steroid dienone is 4. The molecule has 0 N–H and O–H groups in total. The molecule has 0 bridgehead atoms. The lowest BCUT2D eigenvalue weighted by molar-refractivity contribution is -0.142. The van der Waals surface area contributed by atoms with Gasteiger partial charge in [-0.3, -0.25) is 4.79 Å². The summed E-state index contributed by atoms with van der Waals surface area (Å²) in [5, 5.41) is 0. The minimum atomic E-state index is -0.0573. The Balaban J connectivity index is 2.17. The van der Waals surface area contributed by atoms with Crippen LogP contribution in [0.2, 0.25) is 0 Å². The van der Waals surface area contributed by atoms with Crippen molar-refractivity contribution in [2.45, 2.75) is 13.8 Å². The zero-order valence-electron chi connectivity index (χ0n) is 8.20. The zero-order chi connectivity index (χ0) is 9.59. The molecule has 2 nitrogen and oxygen atoms in total. The van der Waals surface area contributed by atoms with Crippen molar-refractivity contribution in [1.29, 1.82) is 0 Å². The first-order chi connectivity index (χ1) is 6.16. The van der Waals surface area contributed by atoms with Crippen molar-refractivity contribution in [1.82, 2.24) is 0 Å². The number of hydrogen-bond donors (Lipinski definition) is 0. The van der Waals surface area contributed by atoms with Crippen molar-refractivity contribution in [2.24, 2.45) is 17.8 Å². The number of rotatable bonds is 1. The van der Waals surface area contributed by atoms with Crippen LogP contribution in [0.1, 0.15) is 13.8 Å². The number of carbonyl (C=O) groups excluding carboxylic acids is 1. The van der Waals surface area contributed by atoms with Crippen LogP contribution in [0.5, 0.6) is 0 Å². The molecule has 13 heavy (non-hydrogen) atoms. The van der Waals surface area contributed by atoms with Crippen molar-refractivity contribution in [3.05, 3.63) is 23.3 Å². The largest absolute Gasteiger partial charge is 0.469 e. The van der Waals surface area contributed by atoms with Gasteiger partial charge in [-0.25, -0.2) is 0 Å². The van der Waals surface area contributed by atoms with E-state index in [0.29, 0.717) is 11.8 Å². The molecule has 70 valence electrons. The van der Waals surface area contributed by atoms with Crippen LogP contribution in [0.4, 0.5) is 0 Å². The molecule has 0 aromatic carbocycles. The maximum Gasteiger partial charge on any atom is 0.309 e. The highest BCUT2D eigenvalue weighted by Crippen LogP contribution is 2.57. The first-order valence-electron chi connectivity index (χ1n) is 4.60. The average Bonchev–Trinajstić information content (AvgIpc) is 2.64. The van der Waals surface area contributed by atoms with Gasteiger partial charge in [0.25, 0.3) is 0 Å². The van der Waals surface area contributed by atoms with Crippen LogP contribution >= 0.6 is 0 Å². The van der Waals surface area contributed by atoms with E-state index in [2.05, 4.69) is 26.0 Å². The lowest BCUT2D eigenvalue weighted by Gasteiger charge is -2.02. The molecule has 0 radical (unpaired) electrons. The minimum Gasteiger partial charge on any atom is -0.469 e. The number of methoxy groups -OCH3 is 1. The molecule has 0 aromatic rings. The van der Waals surface area contributed by atoms with Gasteiger partial charge in [0.2, 0.25) is 0 Å². The number of fused-ring (bicyclic) bond motifs is 1. The molecule has 0 unspecified atom stereocenters. The lowest BCUT2D eigenvalue weighted by Crippen LogP contribution is -2.06. The van der Waals surface area contributed by atoms with E-state index in [1.54, 1.807) is 0 Å². The van der Waals surface area contributed by atoms with Gasteiger partial charge in [0, 0.05) is 5.92 Å². The Morgan fingerprint density at radius 1 is 1.46 bits per heavy atom. The summed E-state index contributed by atoms with van der Waals surface area (Å²) in [5.41, 5.74) is 2.65. The third-order valence-electron chi connectivity index (χ3n) is 2.98. The van der Waals surface area contributed by atoms with Gasteiger partial charge in [0.1, 0.15) is 0 Å². The molecule has 0 aliphatic heterocycles. The second-order valence-corrected chi connectivity index (χ2v) is 3.97. The van der Waals surface area contributed by atoms with Crippen molar-refractivity contribution in [3.8, 4) is 0 Å². The predicted octanol–water partition coefficient (Wildman–Crippen LogP) is 1.93. The van der Waals surface area contributed by atoms with Crippen molar-refractivity contribution < 1.29 is 9.53 Å². The molecule has 2 aliphatic rings. The maximum atomic E-state index is 11.3. The molecular weight excluding hydrogens is 164 g/mol. The molecular formula is C11H14O2. The van der Waals surface area contributed by atoms with Crippen LogP contribution in [-0.2, 0) is 9.53 Å². The minimum absolute atomic E-state index is 0.0573. The van der Waals surface area contributed by atoms with E-state index in [4.69, 9.17) is 4.74 Å². The predicted molar refractivity (Wildman–Crippen MR) is 50.0 cm³/mol. The topological polar surface area (TPSA) is 26.3 Å².